The second kappa shape index (κ2) is 7.70. The van der Waals surface area contributed by atoms with Crippen LogP contribution in [0.2, 0.25) is 4.34 Å². The molecule has 3 N–H and O–H groups in total. The van der Waals surface area contributed by atoms with E-state index in [1.54, 1.807) is 13.3 Å². The Balaban J connectivity index is 1.70. The maximum absolute atomic E-state index is 12.7. The molecule has 0 spiro atoms. The molecular weight excluding hydrogens is 346 g/mol. The number of H-pyrrole nitrogens is 1. The van der Waals surface area contributed by atoms with Gasteiger partial charge in [0.2, 0.25) is 0 Å². The zero-order chi connectivity index (χ0) is 17.0. The van der Waals surface area contributed by atoms with Crippen LogP contribution in [0.4, 0.5) is 0 Å². The molecule has 0 radical (unpaired) electrons. The second-order valence-electron chi connectivity index (χ2n) is 6.25. The summed E-state index contributed by atoms with van der Waals surface area (Å²) in [4.78, 5) is 16.7. The molecule has 1 aliphatic rings. The van der Waals surface area contributed by atoms with E-state index in [-0.39, 0.29) is 11.3 Å². The molecule has 1 saturated heterocycles. The Hall–Kier alpha value is -1.34. The van der Waals surface area contributed by atoms with Gasteiger partial charge < -0.3 is 20.4 Å². The highest BCUT2D eigenvalue weighted by molar-refractivity contribution is 7.19. The predicted octanol–water partition coefficient (Wildman–Crippen LogP) is 3.14. The van der Waals surface area contributed by atoms with Crippen LogP contribution in [0.1, 0.15) is 23.2 Å². The summed E-state index contributed by atoms with van der Waals surface area (Å²) in [6.45, 7) is 3.21. The van der Waals surface area contributed by atoms with Crippen LogP contribution in [0.5, 0.6) is 0 Å². The largest absolute Gasteiger partial charge is 0.384 e. The number of methoxy groups -OCH3 is 1. The molecule has 7 heteroatoms. The summed E-state index contributed by atoms with van der Waals surface area (Å²) in [5.41, 5.74) is 1.55. The molecule has 130 valence electrons. The standard InChI is InChI=1S/C17H22ClN3O2S/c1-23-11-17(4-6-19-7-5-17)10-21-16(22)13-9-20-8-12(13)14-2-3-15(18)24-14/h2-3,8-9,19-20H,4-7,10-11H2,1H3,(H,21,22). The Bertz CT molecular complexity index is 686. The Morgan fingerprint density at radius 2 is 2.17 bits per heavy atom. The first-order valence-corrected chi connectivity index (χ1v) is 9.23. The summed E-state index contributed by atoms with van der Waals surface area (Å²) in [7, 11) is 1.72. The molecule has 0 aliphatic carbocycles. The zero-order valence-corrected chi connectivity index (χ0v) is 15.2. The molecule has 1 aliphatic heterocycles. The third-order valence-corrected chi connectivity index (χ3v) is 5.83. The van der Waals surface area contributed by atoms with Gasteiger partial charge in [0.05, 0.1) is 16.5 Å². The number of aromatic nitrogens is 1. The Labute approximate surface area is 150 Å². The molecule has 0 unspecified atom stereocenters. The third-order valence-electron chi connectivity index (χ3n) is 4.57. The number of rotatable bonds is 6. The Morgan fingerprint density at radius 3 is 2.83 bits per heavy atom. The van der Waals surface area contributed by atoms with Crippen molar-refractivity contribution in [2.24, 2.45) is 5.41 Å². The first kappa shape index (κ1) is 17.5. The molecule has 0 aromatic carbocycles. The molecule has 3 rings (SSSR count). The van der Waals surface area contributed by atoms with Crippen molar-refractivity contribution in [1.29, 1.82) is 0 Å². The fourth-order valence-corrected chi connectivity index (χ4v) is 4.29. The van der Waals surface area contributed by atoms with Crippen LogP contribution in [-0.4, -0.2) is 44.2 Å². The van der Waals surface area contributed by atoms with Gasteiger partial charge in [-0.1, -0.05) is 11.6 Å². The number of aromatic amines is 1. The van der Waals surface area contributed by atoms with Crippen LogP contribution in [0.15, 0.2) is 24.5 Å². The monoisotopic (exact) mass is 367 g/mol. The van der Waals surface area contributed by atoms with E-state index in [2.05, 4.69) is 15.6 Å². The first-order valence-electron chi connectivity index (χ1n) is 8.04. The molecular formula is C17H22ClN3O2S. The molecule has 24 heavy (non-hydrogen) atoms. The van der Waals surface area contributed by atoms with Crippen LogP contribution in [0.25, 0.3) is 10.4 Å². The molecule has 3 heterocycles. The Morgan fingerprint density at radius 1 is 1.38 bits per heavy atom. The lowest BCUT2D eigenvalue weighted by Crippen LogP contribution is -2.47. The summed E-state index contributed by atoms with van der Waals surface area (Å²) in [6.07, 6.45) is 5.58. The lowest BCUT2D eigenvalue weighted by Gasteiger charge is -2.37. The van der Waals surface area contributed by atoms with Crippen LogP contribution in [0.3, 0.4) is 0 Å². The van der Waals surface area contributed by atoms with Crippen molar-refractivity contribution in [2.75, 3.05) is 33.4 Å². The fraction of sp³-hybridized carbons (Fsp3) is 0.471. The maximum atomic E-state index is 12.7. The molecule has 1 amide bonds. The SMILES string of the molecule is COCC1(CNC(=O)c2c[nH]cc2-c2ccc(Cl)s2)CCNCC1. The lowest BCUT2D eigenvalue weighted by atomic mass is 9.79. The van der Waals surface area contributed by atoms with E-state index in [0.29, 0.717) is 23.1 Å². The van der Waals surface area contributed by atoms with E-state index in [0.717, 1.165) is 36.4 Å². The number of hydrogen-bond donors (Lipinski definition) is 3. The summed E-state index contributed by atoms with van der Waals surface area (Å²) < 4.78 is 6.12. The summed E-state index contributed by atoms with van der Waals surface area (Å²) in [5, 5.41) is 6.46. The number of piperidine rings is 1. The van der Waals surface area contributed by atoms with Crippen molar-refractivity contribution < 1.29 is 9.53 Å². The molecule has 2 aromatic heterocycles. The summed E-state index contributed by atoms with van der Waals surface area (Å²) in [5.74, 6) is -0.0650. The van der Waals surface area contributed by atoms with Crippen molar-refractivity contribution in [2.45, 2.75) is 12.8 Å². The van der Waals surface area contributed by atoms with E-state index < -0.39 is 0 Å². The van der Waals surface area contributed by atoms with E-state index in [9.17, 15) is 4.79 Å². The summed E-state index contributed by atoms with van der Waals surface area (Å²) >= 11 is 7.48. The fourth-order valence-electron chi connectivity index (χ4n) is 3.21. The van der Waals surface area contributed by atoms with Crippen molar-refractivity contribution in [3.8, 4) is 10.4 Å². The van der Waals surface area contributed by atoms with Gasteiger partial charge in [0.25, 0.3) is 5.91 Å². The minimum atomic E-state index is -0.0650. The van der Waals surface area contributed by atoms with Gasteiger partial charge in [-0.25, -0.2) is 0 Å². The number of thiophene rings is 1. The predicted molar refractivity (Wildman–Crippen MR) is 97.9 cm³/mol. The van der Waals surface area contributed by atoms with Crippen LogP contribution in [0, 0.1) is 5.41 Å². The molecule has 2 aromatic rings. The highest BCUT2D eigenvalue weighted by Crippen LogP contribution is 2.33. The quantitative estimate of drug-likeness (QED) is 0.734. The summed E-state index contributed by atoms with van der Waals surface area (Å²) in [6, 6.07) is 3.78. The molecule has 1 fully saturated rings. The van der Waals surface area contributed by atoms with E-state index >= 15 is 0 Å². The number of halogens is 1. The number of carbonyl (C=O) groups excluding carboxylic acids is 1. The lowest BCUT2D eigenvalue weighted by molar-refractivity contribution is 0.0512. The zero-order valence-electron chi connectivity index (χ0n) is 13.7. The van der Waals surface area contributed by atoms with Gasteiger partial charge >= 0.3 is 0 Å². The van der Waals surface area contributed by atoms with E-state index in [4.69, 9.17) is 16.3 Å². The van der Waals surface area contributed by atoms with Gasteiger partial charge in [-0.2, -0.15) is 0 Å². The van der Waals surface area contributed by atoms with Crippen LogP contribution >= 0.6 is 22.9 Å². The number of hydrogen-bond acceptors (Lipinski definition) is 4. The smallest absolute Gasteiger partial charge is 0.253 e. The van der Waals surface area contributed by atoms with Gasteiger partial charge in [0, 0.05) is 41.9 Å². The normalized spacial score (nSPS) is 16.9. The first-order chi connectivity index (χ1) is 11.6. The van der Waals surface area contributed by atoms with Gasteiger partial charge in [-0.05, 0) is 38.1 Å². The van der Waals surface area contributed by atoms with Gasteiger partial charge in [-0.15, -0.1) is 11.3 Å². The second-order valence-corrected chi connectivity index (χ2v) is 7.97. The minimum Gasteiger partial charge on any atom is -0.384 e. The molecule has 0 saturated carbocycles. The minimum absolute atomic E-state index is 0.0123. The van der Waals surface area contributed by atoms with E-state index in [1.807, 2.05) is 18.3 Å². The molecule has 5 nitrogen and oxygen atoms in total. The van der Waals surface area contributed by atoms with E-state index in [1.165, 1.54) is 11.3 Å². The number of amides is 1. The average molecular weight is 368 g/mol. The van der Waals surface area contributed by atoms with Crippen molar-refractivity contribution >= 4 is 28.8 Å². The van der Waals surface area contributed by atoms with Gasteiger partial charge in [0.15, 0.2) is 0 Å². The number of ether oxygens (including phenoxy) is 1. The van der Waals surface area contributed by atoms with Crippen molar-refractivity contribution in [3.05, 3.63) is 34.4 Å². The van der Waals surface area contributed by atoms with Crippen molar-refractivity contribution in [3.63, 3.8) is 0 Å². The topological polar surface area (TPSA) is 66.1 Å². The average Bonchev–Trinajstić information content (AvgIpc) is 3.22. The molecule has 0 atom stereocenters. The third kappa shape index (κ3) is 3.83. The maximum Gasteiger partial charge on any atom is 0.253 e. The number of nitrogens with one attached hydrogen (secondary N) is 3. The van der Waals surface area contributed by atoms with Gasteiger partial charge in [0.1, 0.15) is 0 Å². The van der Waals surface area contributed by atoms with Crippen LogP contribution in [-0.2, 0) is 4.74 Å². The van der Waals surface area contributed by atoms with Gasteiger partial charge in [-0.3, -0.25) is 4.79 Å². The van der Waals surface area contributed by atoms with Crippen molar-refractivity contribution in [1.82, 2.24) is 15.6 Å². The highest BCUT2D eigenvalue weighted by Gasteiger charge is 2.32. The van der Waals surface area contributed by atoms with Crippen LogP contribution < -0.4 is 10.6 Å². The molecule has 0 bridgehead atoms. The highest BCUT2D eigenvalue weighted by atomic mass is 35.5. The Kier molecular flexibility index (Phi) is 5.61. The number of carbonyl (C=O) groups is 1.